The highest BCUT2D eigenvalue weighted by Crippen LogP contribution is 2.52. The quantitative estimate of drug-likeness (QED) is 0.266. The molecule has 1 aromatic heterocycles. The summed E-state index contributed by atoms with van der Waals surface area (Å²) in [6.07, 6.45) is 11.7. The van der Waals surface area contributed by atoms with Crippen LogP contribution in [0.25, 0.3) is 10.4 Å². The molecule has 2 aliphatic carbocycles. The van der Waals surface area contributed by atoms with Crippen LogP contribution >= 0.6 is 0 Å². The number of aliphatic hydroxyl groups is 1. The Morgan fingerprint density at radius 2 is 2.10 bits per heavy atom. The Balaban J connectivity index is 1.99. The fourth-order valence-electron chi connectivity index (χ4n) is 5.91. The van der Waals surface area contributed by atoms with Crippen molar-refractivity contribution in [3.63, 3.8) is 0 Å². The first-order chi connectivity index (χ1) is 14.0. The maximum Gasteiger partial charge on any atom is 0.0624 e. The monoisotopic (exact) mass is 397 g/mol. The van der Waals surface area contributed by atoms with Gasteiger partial charge in [-0.05, 0) is 73.1 Å². The van der Waals surface area contributed by atoms with Crippen molar-refractivity contribution in [3.8, 4) is 0 Å². The van der Waals surface area contributed by atoms with Crippen LogP contribution < -0.4 is 0 Å². The number of unbranched alkanes of at least 4 members (excludes halogenated alkanes) is 1. The first-order valence-corrected chi connectivity index (χ1v) is 11.1. The van der Waals surface area contributed by atoms with Crippen molar-refractivity contribution in [3.05, 3.63) is 46.4 Å². The fourth-order valence-corrected chi connectivity index (χ4v) is 5.91. The Morgan fingerprint density at radius 3 is 2.72 bits per heavy atom. The Bertz CT molecular complexity index is 759. The molecule has 0 aromatic carbocycles. The molecule has 0 spiro atoms. The zero-order chi connectivity index (χ0) is 20.9. The molecule has 29 heavy (non-hydrogen) atoms. The lowest BCUT2D eigenvalue weighted by Crippen LogP contribution is -2.48. The number of rotatable bonds is 9. The van der Waals surface area contributed by atoms with Crippen molar-refractivity contribution in [2.45, 2.75) is 65.2 Å². The van der Waals surface area contributed by atoms with E-state index in [0.717, 1.165) is 62.8 Å². The molecule has 0 saturated heterocycles. The van der Waals surface area contributed by atoms with E-state index in [9.17, 15) is 5.11 Å². The molecule has 158 valence electrons. The van der Waals surface area contributed by atoms with Crippen LogP contribution in [0, 0.1) is 29.1 Å². The molecule has 5 atom stereocenters. The molecular weight excluding hydrogens is 362 g/mol. The predicted octanol–water partition coefficient (Wildman–Crippen LogP) is 5.28. The second-order valence-electron chi connectivity index (χ2n) is 9.29. The van der Waals surface area contributed by atoms with Gasteiger partial charge in [0.15, 0.2) is 0 Å². The molecule has 0 radical (unpaired) electrons. The Morgan fingerprint density at radius 1 is 1.34 bits per heavy atom. The molecule has 6 heteroatoms. The van der Waals surface area contributed by atoms with E-state index in [4.69, 9.17) is 5.53 Å². The number of aromatic nitrogens is 2. The highest BCUT2D eigenvalue weighted by atomic mass is 16.3. The zero-order valence-corrected chi connectivity index (χ0v) is 17.9. The van der Waals surface area contributed by atoms with Crippen molar-refractivity contribution in [2.75, 3.05) is 13.2 Å². The van der Waals surface area contributed by atoms with Gasteiger partial charge in [-0.25, -0.2) is 0 Å². The molecule has 1 saturated carbocycles. The lowest BCUT2D eigenvalue weighted by Gasteiger charge is -2.50. The van der Waals surface area contributed by atoms with Gasteiger partial charge in [0.1, 0.15) is 0 Å². The van der Waals surface area contributed by atoms with Gasteiger partial charge in [0.25, 0.3) is 0 Å². The number of hydrogen-bond acceptors (Lipinski definition) is 4. The molecule has 1 N–H and O–H groups in total. The zero-order valence-electron chi connectivity index (χ0n) is 17.9. The van der Waals surface area contributed by atoms with Crippen LogP contribution in [0.15, 0.2) is 29.7 Å². The summed E-state index contributed by atoms with van der Waals surface area (Å²) >= 11 is 0. The third kappa shape index (κ3) is 4.65. The average Bonchev–Trinajstić information content (AvgIpc) is 3.15. The van der Waals surface area contributed by atoms with Gasteiger partial charge in [-0.15, -0.1) is 0 Å². The van der Waals surface area contributed by atoms with Gasteiger partial charge in [0.05, 0.1) is 11.4 Å². The normalized spacial score (nSPS) is 28.4. The summed E-state index contributed by atoms with van der Waals surface area (Å²) in [5, 5.41) is 14.4. The van der Waals surface area contributed by atoms with Crippen molar-refractivity contribution in [1.29, 1.82) is 0 Å². The van der Waals surface area contributed by atoms with Gasteiger partial charge in [0, 0.05) is 30.5 Å². The minimum absolute atomic E-state index is 0.0908. The summed E-state index contributed by atoms with van der Waals surface area (Å²) in [7, 11) is 0. The lowest BCUT2D eigenvalue weighted by atomic mass is 9.55. The summed E-state index contributed by atoms with van der Waals surface area (Å²) in [5.74, 6) is 1.34. The second-order valence-corrected chi connectivity index (χ2v) is 9.29. The summed E-state index contributed by atoms with van der Waals surface area (Å²) in [5.41, 5.74) is 12.4. The van der Waals surface area contributed by atoms with E-state index in [1.807, 2.05) is 0 Å². The Labute approximate surface area is 174 Å². The number of nitrogens with zero attached hydrogens (tertiary/aromatic N) is 5. The molecule has 0 aliphatic heterocycles. The standard InChI is InChI=1S/C23H35N5O/c1-4-5-6-20(19(14-27-28-24)17-8-7-16(2)11-17)23(3)13-22-21(12-18(23)15-29)25-9-10-26-22/h9-10,17-20,29H,2,4-8,11-15H2,1,3H3/t17-,18-,19+,20+,23+/m1/s1. The molecule has 0 amide bonds. The number of azide groups is 1. The molecular formula is C23H35N5O. The topological polar surface area (TPSA) is 94.8 Å². The van der Waals surface area contributed by atoms with Gasteiger partial charge < -0.3 is 5.11 Å². The Kier molecular flexibility index (Phi) is 7.31. The third-order valence-corrected chi connectivity index (χ3v) is 7.61. The SMILES string of the molecule is C=C1CC[C@@H]([C@H](CN=[N+]=[N-])[C@H](CCCC)[C@@]2(C)Cc3nccnc3C[C@@H]2CO)C1. The van der Waals surface area contributed by atoms with Crippen LogP contribution in [0.3, 0.4) is 0 Å². The van der Waals surface area contributed by atoms with Gasteiger partial charge in [-0.2, -0.15) is 0 Å². The first kappa shape index (κ1) is 21.8. The molecule has 6 nitrogen and oxygen atoms in total. The van der Waals surface area contributed by atoms with Crippen LogP contribution in [-0.4, -0.2) is 28.2 Å². The van der Waals surface area contributed by atoms with E-state index in [1.165, 1.54) is 5.57 Å². The molecule has 1 heterocycles. The maximum absolute atomic E-state index is 10.3. The van der Waals surface area contributed by atoms with Crippen molar-refractivity contribution < 1.29 is 5.11 Å². The minimum Gasteiger partial charge on any atom is -0.396 e. The molecule has 0 unspecified atom stereocenters. The van der Waals surface area contributed by atoms with E-state index >= 15 is 0 Å². The number of hydrogen-bond donors (Lipinski definition) is 1. The van der Waals surface area contributed by atoms with E-state index in [2.05, 4.69) is 40.4 Å². The highest BCUT2D eigenvalue weighted by Gasteiger charge is 2.49. The van der Waals surface area contributed by atoms with Gasteiger partial charge in [0.2, 0.25) is 0 Å². The Hall–Kier alpha value is -1.91. The van der Waals surface area contributed by atoms with Crippen molar-refractivity contribution in [1.82, 2.24) is 9.97 Å². The molecule has 0 bridgehead atoms. The minimum atomic E-state index is -0.0908. The van der Waals surface area contributed by atoms with Crippen LogP contribution in [0.5, 0.6) is 0 Å². The third-order valence-electron chi connectivity index (χ3n) is 7.61. The number of allylic oxidation sites excluding steroid dienone is 1. The van der Waals surface area contributed by atoms with Crippen molar-refractivity contribution >= 4 is 0 Å². The van der Waals surface area contributed by atoms with Crippen LogP contribution in [0.2, 0.25) is 0 Å². The molecule has 1 fully saturated rings. The van der Waals surface area contributed by atoms with Gasteiger partial charge in [-0.1, -0.05) is 44.0 Å². The second kappa shape index (κ2) is 9.73. The number of fused-ring (bicyclic) bond motifs is 1. The highest BCUT2D eigenvalue weighted by molar-refractivity contribution is 5.20. The molecule has 1 aromatic rings. The summed E-state index contributed by atoms with van der Waals surface area (Å²) in [4.78, 5) is 12.3. The maximum atomic E-state index is 10.3. The first-order valence-electron chi connectivity index (χ1n) is 11.1. The molecule has 2 aliphatic rings. The van der Waals surface area contributed by atoms with Crippen molar-refractivity contribution in [2.24, 2.45) is 34.2 Å². The number of aliphatic hydroxyl groups excluding tert-OH is 1. The molecule has 3 rings (SSSR count). The summed E-state index contributed by atoms with van der Waals surface area (Å²) in [6.45, 7) is 9.46. The summed E-state index contributed by atoms with van der Waals surface area (Å²) in [6, 6.07) is 0. The average molecular weight is 398 g/mol. The van der Waals surface area contributed by atoms with Crippen LogP contribution in [-0.2, 0) is 12.8 Å². The predicted molar refractivity (Wildman–Crippen MR) is 115 cm³/mol. The summed E-state index contributed by atoms with van der Waals surface area (Å²) < 4.78 is 0. The van der Waals surface area contributed by atoms with Gasteiger partial charge in [-0.3, -0.25) is 9.97 Å². The fraction of sp³-hybridized carbons (Fsp3) is 0.739. The van der Waals surface area contributed by atoms with Gasteiger partial charge >= 0.3 is 0 Å². The lowest BCUT2D eigenvalue weighted by molar-refractivity contribution is -0.0117. The van der Waals surface area contributed by atoms with E-state index in [1.54, 1.807) is 12.4 Å². The van der Waals surface area contributed by atoms with Crippen LogP contribution in [0.1, 0.15) is 63.8 Å². The largest absolute Gasteiger partial charge is 0.396 e. The van der Waals surface area contributed by atoms with E-state index < -0.39 is 0 Å². The van der Waals surface area contributed by atoms with E-state index in [0.29, 0.717) is 24.3 Å². The van der Waals surface area contributed by atoms with E-state index in [-0.39, 0.29) is 17.9 Å². The van der Waals surface area contributed by atoms with Crippen LogP contribution in [0.4, 0.5) is 0 Å². The smallest absolute Gasteiger partial charge is 0.0624 e.